The van der Waals surface area contributed by atoms with E-state index in [2.05, 4.69) is 305 Å². The second-order valence-electron chi connectivity index (χ2n) is 25.6. The SMILES string of the molecule is CCCCCCC1(CCCCCC)c2ccccc2-c2ccc(-c3c4ccccc4c(-c4ccc5c(c4)C(c4ccccc4)(c4ccccc4)c4cc(-c6ccc7c(c6)C(c6ccccc6)(c6ccccc6)c6ccccc6-7)ccc4-5)c4ccccc34)cc21. The molecule has 0 aromatic heterocycles. The molecule has 0 nitrogen and oxygen atoms in total. The van der Waals surface area contributed by atoms with E-state index in [9.17, 15) is 0 Å². The highest BCUT2D eigenvalue weighted by Gasteiger charge is 2.49. The van der Waals surface area contributed by atoms with Crippen LogP contribution in [-0.2, 0) is 16.2 Å². The molecular formula is C89H74. The van der Waals surface area contributed by atoms with Gasteiger partial charge in [-0.25, -0.2) is 0 Å². The minimum absolute atomic E-state index is 0.00786. The predicted molar refractivity (Wildman–Crippen MR) is 376 cm³/mol. The van der Waals surface area contributed by atoms with Crippen molar-refractivity contribution < 1.29 is 0 Å². The zero-order valence-electron chi connectivity index (χ0n) is 51.3. The first-order valence-corrected chi connectivity index (χ1v) is 33.0. The molecule has 13 aromatic carbocycles. The lowest BCUT2D eigenvalue weighted by atomic mass is 9.66. The molecular weight excluding hydrogens is 1070 g/mol. The Labute approximate surface area is 526 Å². The lowest BCUT2D eigenvalue weighted by Crippen LogP contribution is -2.28. The first-order valence-electron chi connectivity index (χ1n) is 33.0. The van der Waals surface area contributed by atoms with Crippen LogP contribution in [0.2, 0.25) is 0 Å². The Morgan fingerprint density at radius 1 is 0.225 bits per heavy atom. The van der Waals surface area contributed by atoms with Crippen LogP contribution in [0.4, 0.5) is 0 Å². The molecule has 89 heavy (non-hydrogen) atoms. The van der Waals surface area contributed by atoms with Crippen molar-refractivity contribution in [3.63, 3.8) is 0 Å². The van der Waals surface area contributed by atoms with Gasteiger partial charge in [0, 0.05) is 5.41 Å². The summed E-state index contributed by atoms with van der Waals surface area (Å²) in [5, 5.41) is 5.14. The van der Waals surface area contributed by atoms with Crippen LogP contribution >= 0.6 is 0 Å². The summed E-state index contributed by atoms with van der Waals surface area (Å²) < 4.78 is 0. The first kappa shape index (κ1) is 54.7. The van der Waals surface area contributed by atoms with Crippen LogP contribution in [0.15, 0.2) is 291 Å². The van der Waals surface area contributed by atoms with Gasteiger partial charge in [0.05, 0.1) is 10.8 Å². The smallest absolute Gasteiger partial charge is 0.0654 e. The molecule has 0 aliphatic heterocycles. The summed E-state index contributed by atoms with van der Waals surface area (Å²) in [7, 11) is 0. The molecule has 0 radical (unpaired) electrons. The normalized spacial score (nSPS) is 14.2. The van der Waals surface area contributed by atoms with Crippen LogP contribution in [0, 0.1) is 0 Å². The van der Waals surface area contributed by atoms with Gasteiger partial charge in [0.1, 0.15) is 0 Å². The van der Waals surface area contributed by atoms with Crippen molar-refractivity contribution in [2.24, 2.45) is 0 Å². The van der Waals surface area contributed by atoms with Crippen LogP contribution in [-0.4, -0.2) is 0 Å². The van der Waals surface area contributed by atoms with Gasteiger partial charge in [-0.1, -0.05) is 332 Å². The average Bonchev–Trinajstić information content (AvgIpc) is 1.60. The third kappa shape index (κ3) is 8.47. The highest BCUT2D eigenvalue weighted by atomic mass is 14.5. The fraction of sp³-hybridized carbons (Fsp3) is 0.169. The van der Waals surface area contributed by atoms with Crippen LogP contribution in [0.25, 0.3) is 88.3 Å². The van der Waals surface area contributed by atoms with Gasteiger partial charge in [-0.2, -0.15) is 0 Å². The van der Waals surface area contributed by atoms with Crippen LogP contribution in [0.1, 0.15) is 134 Å². The first-order chi connectivity index (χ1) is 44.1. The third-order valence-corrected chi connectivity index (χ3v) is 21.0. The second kappa shape index (κ2) is 22.5. The monoisotopic (exact) mass is 1140 g/mol. The third-order valence-electron chi connectivity index (χ3n) is 21.0. The second-order valence-corrected chi connectivity index (χ2v) is 25.6. The average molecular weight is 1140 g/mol. The Hall–Kier alpha value is -9.62. The van der Waals surface area contributed by atoms with Crippen molar-refractivity contribution in [1.29, 1.82) is 0 Å². The summed E-state index contributed by atoms with van der Waals surface area (Å²) in [6.45, 7) is 4.68. The maximum Gasteiger partial charge on any atom is 0.0713 e. The van der Waals surface area contributed by atoms with Crippen molar-refractivity contribution in [1.82, 2.24) is 0 Å². The number of fused-ring (bicyclic) bond motifs is 11. The van der Waals surface area contributed by atoms with Crippen molar-refractivity contribution in [3.05, 3.63) is 347 Å². The standard InChI is InChI=1S/C89H74/c1-3-5-7-29-55-87(56-30-8-6-4-2)79-45-27-25-39-69(79)71-53-49-63(59-81(71)87)85-75-41-21-23-43-77(75)86(78-44-24-22-42-76(78)85)64-50-54-74-73-52-48-62(58-83(73)89(84(74)60-64,67-35-17-11-18-36-67)68-37-19-12-20-38-68)61-47-51-72-70-40-26-28-46-80(70)88(82(72)57-61,65-31-13-9-14-32-65)66-33-15-10-16-34-66/h9-28,31-54,57-60H,3-8,29-30,55-56H2,1-2H3. The maximum absolute atomic E-state index is 2.66. The maximum atomic E-state index is 2.66. The van der Waals surface area contributed by atoms with E-state index in [4.69, 9.17) is 0 Å². The molecule has 0 fully saturated rings. The van der Waals surface area contributed by atoms with Gasteiger partial charge in [0.25, 0.3) is 0 Å². The molecule has 16 rings (SSSR count). The minimum atomic E-state index is -0.642. The fourth-order valence-electron chi connectivity index (χ4n) is 17.2. The number of benzene rings is 13. The van der Waals surface area contributed by atoms with Gasteiger partial charge in [-0.05, 0) is 181 Å². The van der Waals surface area contributed by atoms with Crippen molar-refractivity contribution in [2.75, 3.05) is 0 Å². The molecule has 13 aromatic rings. The quantitative estimate of drug-likeness (QED) is 0.0630. The molecule has 430 valence electrons. The topological polar surface area (TPSA) is 0 Å². The molecule has 0 atom stereocenters. The summed E-state index contributed by atoms with van der Waals surface area (Å²) >= 11 is 0. The highest BCUT2D eigenvalue weighted by Crippen LogP contribution is 2.61. The van der Waals surface area contributed by atoms with Gasteiger partial charge in [0.2, 0.25) is 0 Å². The molecule has 0 N–H and O–H groups in total. The van der Waals surface area contributed by atoms with Crippen LogP contribution in [0.5, 0.6) is 0 Å². The van der Waals surface area contributed by atoms with Crippen molar-refractivity contribution in [3.8, 4) is 66.8 Å². The Kier molecular flexibility index (Phi) is 13.8. The van der Waals surface area contributed by atoms with Gasteiger partial charge in [-0.15, -0.1) is 0 Å². The number of unbranched alkanes of at least 4 members (excludes halogenated alkanes) is 6. The van der Waals surface area contributed by atoms with Gasteiger partial charge < -0.3 is 0 Å². The molecule has 0 heterocycles. The van der Waals surface area contributed by atoms with E-state index in [1.54, 1.807) is 5.56 Å². The highest BCUT2D eigenvalue weighted by molar-refractivity contribution is 6.21. The zero-order valence-corrected chi connectivity index (χ0v) is 51.3. The predicted octanol–water partition coefficient (Wildman–Crippen LogP) is 23.9. The minimum Gasteiger partial charge on any atom is -0.0654 e. The molecule has 0 spiro atoms. The van der Waals surface area contributed by atoms with E-state index >= 15 is 0 Å². The Morgan fingerprint density at radius 3 is 0.921 bits per heavy atom. The van der Waals surface area contributed by atoms with E-state index in [0.29, 0.717) is 0 Å². The lowest BCUT2D eigenvalue weighted by Gasteiger charge is -2.35. The fourth-order valence-corrected chi connectivity index (χ4v) is 17.2. The summed E-state index contributed by atoms with van der Waals surface area (Å²) in [4.78, 5) is 0. The molecule has 3 aliphatic rings. The summed E-state index contributed by atoms with van der Waals surface area (Å²) in [5.41, 5.74) is 27.8. The van der Waals surface area contributed by atoms with Gasteiger partial charge in [0.15, 0.2) is 0 Å². The number of hydrogen-bond donors (Lipinski definition) is 0. The zero-order chi connectivity index (χ0) is 59.5. The molecule has 0 amide bonds. The van der Waals surface area contributed by atoms with E-state index in [1.165, 1.54) is 203 Å². The number of hydrogen-bond acceptors (Lipinski definition) is 0. The van der Waals surface area contributed by atoms with Crippen molar-refractivity contribution in [2.45, 2.75) is 94.3 Å². The summed E-state index contributed by atoms with van der Waals surface area (Å²) in [6.07, 6.45) is 12.5. The van der Waals surface area contributed by atoms with Gasteiger partial charge >= 0.3 is 0 Å². The van der Waals surface area contributed by atoms with Crippen molar-refractivity contribution >= 4 is 21.5 Å². The van der Waals surface area contributed by atoms with Gasteiger partial charge in [-0.3, -0.25) is 0 Å². The Morgan fingerprint density at radius 2 is 0.517 bits per heavy atom. The molecule has 0 heteroatoms. The van der Waals surface area contributed by atoms with E-state index in [-0.39, 0.29) is 5.41 Å². The molecule has 3 aliphatic carbocycles. The Bertz CT molecular complexity index is 4650. The Balaban J connectivity index is 0.881. The summed E-state index contributed by atoms with van der Waals surface area (Å²) in [6, 6.07) is 112. The summed E-state index contributed by atoms with van der Waals surface area (Å²) in [5.74, 6) is 0. The van der Waals surface area contributed by atoms with E-state index in [0.717, 1.165) is 0 Å². The largest absolute Gasteiger partial charge is 0.0713 e. The number of rotatable bonds is 17. The molecule has 0 saturated carbocycles. The molecule has 0 saturated heterocycles. The molecule has 0 unspecified atom stereocenters. The van der Waals surface area contributed by atoms with E-state index in [1.807, 2.05) is 0 Å². The lowest BCUT2D eigenvalue weighted by molar-refractivity contribution is 0.401. The van der Waals surface area contributed by atoms with E-state index < -0.39 is 10.8 Å². The molecule has 0 bridgehead atoms. The van der Waals surface area contributed by atoms with Crippen LogP contribution < -0.4 is 0 Å². The van der Waals surface area contributed by atoms with Crippen LogP contribution in [0.3, 0.4) is 0 Å².